The molecule has 0 fully saturated rings. The van der Waals surface area contributed by atoms with Crippen LogP contribution in [0.2, 0.25) is 0 Å². The number of benzene rings is 2. The third-order valence-electron chi connectivity index (χ3n) is 4.38. The number of aromatic nitrogens is 1. The van der Waals surface area contributed by atoms with Crippen LogP contribution < -0.4 is 0 Å². The molecule has 1 atom stereocenters. The third kappa shape index (κ3) is 5.04. The van der Waals surface area contributed by atoms with Gasteiger partial charge >= 0.3 is 5.97 Å². The van der Waals surface area contributed by atoms with E-state index >= 15 is 0 Å². The minimum absolute atomic E-state index is 0.0159. The fourth-order valence-electron chi connectivity index (χ4n) is 2.86. The average molecular weight is 364 g/mol. The van der Waals surface area contributed by atoms with Crippen molar-refractivity contribution in [2.45, 2.75) is 18.9 Å². The fourth-order valence-corrected chi connectivity index (χ4v) is 2.86. The van der Waals surface area contributed by atoms with Crippen molar-refractivity contribution in [2.75, 3.05) is 6.61 Å². The Bertz CT molecular complexity index is 874. The van der Waals surface area contributed by atoms with Crippen LogP contribution >= 0.6 is 0 Å². The Labute approximate surface area is 157 Å². The van der Waals surface area contributed by atoms with Gasteiger partial charge in [0.1, 0.15) is 6.61 Å². The first-order valence-electron chi connectivity index (χ1n) is 8.71. The molecule has 1 heterocycles. The SMILES string of the molecule is O=C(OCC(CCc1ccccc1)n1cccc1)c1ccc([N+](=O)[O-])cc1. The van der Waals surface area contributed by atoms with E-state index in [-0.39, 0.29) is 18.3 Å². The first-order valence-corrected chi connectivity index (χ1v) is 8.71. The van der Waals surface area contributed by atoms with Crippen LogP contribution in [0.5, 0.6) is 0 Å². The zero-order chi connectivity index (χ0) is 19.1. The van der Waals surface area contributed by atoms with E-state index in [2.05, 4.69) is 12.1 Å². The molecule has 0 aliphatic rings. The Balaban J connectivity index is 1.62. The summed E-state index contributed by atoms with van der Waals surface area (Å²) in [5.74, 6) is -0.484. The molecule has 1 unspecified atom stereocenters. The highest BCUT2D eigenvalue weighted by Gasteiger charge is 2.16. The predicted molar refractivity (Wildman–Crippen MR) is 102 cm³/mol. The van der Waals surface area contributed by atoms with Gasteiger partial charge in [-0.25, -0.2) is 4.79 Å². The van der Waals surface area contributed by atoms with Gasteiger partial charge in [0.15, 0.2) is 0 Å². The van der Waals surface area contributed by atoms with Gasteiger partial charge in [0.2, 0.25) is 0 Å². The molecule has 0 spiro atoms. The molecular formula is C21H20N2O4. The van der Waals surface area contributed by atoms with Crippen LogP contribution in [0, 0.1) is 10.1 Å². The number of carbonyl (C=O) groups excluding carboxylic acids is 1. The van der Waals surface area contributed by atoms with Gasteiger partial charge in [-0.2, -0.15) is 0 Å². The van der Waals surface area contributed by atoms with Gasteiger partial charge in [0, 0.05) is 24.5 Å². The van der Waals surface area contributed by atoms with Gasteiger partial charge in [0.25, 0.3) is 5.69 Å². The average Bonchev–Trinajstić information content (AvgIpc) is 3.23. The molecule has 27 heavy (non-hydrogen) atoms. The highest BCUT2D eigenvalue weighted by molar-refractivity contribution is 5.89. The second-order valence-corrected chi connectivity index (χ2v) is 6.21. The number of hydrogen-bond donors (Lipinski definition) is 0. The summed E-state index contributed by atoms with van der Waals surface area (Å²) in [7, 11) is 0. The van der Waals surface area contributed by atoms with E-state index in [0.29, 0.717) is 5.56 Å². The quantitative estimate of drug-likeness (QED) is 0.337. The van der Waals surface area contributed by atoms with Crippen molar-refractivity contribution in [3.05, 3.63) is 100 Å². The second kappa shape index (κ2) is 8.80. The molecule has 2 aromatic carbocycles. The Kier molecular flexibility index (Phi) is 5.99. The standard InChI is InChI=1S/C21H20N2O4/c24-21(18-9-12-19(13-10-18)23(25)26)27-16-20(22-14-4-5-15-22)11-8-17-6-2-1-3-7-17/h1-7,9-10,12-15,20H,8,11,16H2. The number of carbonyl (C=O) groups is 1. The lowest BCUT2D eigenvalue weighted by Gasteiger charge is -2.19. The number of rotatable bonds is 8. The van der Waals surface area contributed by atoms with Crippen molar-refractivity contribution in [3.8, 4) is 0 Å². The lowest BCUT2D eigenvalue weighted by atomic mass is 10.1. The van der Waals surface area contributed by atoms with Gasteiger partial charge in [-0.3, -0.25) is 10.1 Å². The van der Waals surface area contributed by atoms with Crippen LogP contribution in [-0.2, 0) is 11.2 Å². The maximum Gasteiger partial charge on any atom is 0.338 e. The van der Waals surface area contributed by atoms with E-state index < -0.39 is 10.9 Å². The minimum atomic E-state index is -0.499. The van der Waals surface area contributed by atoms with Crippen LogP contribution in [-0.4, -0.2) is 22.1 Å². The number of hydrogen-bond acceptors (Lipinski definition) is 4. The minimum Gasteiger partial charge on any atom is -0.460 e. The van der Waals surface area contributed by atoms with Crippen molar-refractivity contribution >= 4 is 11.7 Å². The first kappa shape index (κ1) is 18.4. The van der Waals surface area contributed by atoms with Gasteiger partial charge in [-0.1, -0.05) is 30.3 Å². The number of ether oxygens (including phenoxy) is 1. The van der Waals surface area contributed by atoms with Gasteiger partial charge in [-0.15, -0.1) is 0 Å². The maximum absolute atomic E-state index is 12.3. The molecule has 0 amide bonds. The summed E-state index contributed by atoms with van der Waals surface area (Å²) < 4.78 is 7.51. The monoisotopic (exact) mass is 364 g/mol. The normalized spacial score (nSPS) is 11.7. The molecule has 0 aliphatic heterocycles. The summed E-state index contributed by atoms with van der Waals surface area (Å²) in [6, 6.07) is 19.5. The fraction of sp³-hybridized carbons (Fsp3) is 0.190. The van der Waals surface area contributed by atoms with E-state index in [1.807, 2.05) is 47.3 Å². The van der Waals surface area contributed by atoms with Crippen LogP contribution in [0.3, 0.4) is 0 Å². The summed E-state index contributed by atoms with van der Waals surface area (Å²) in [5, 5.41) is 10.7. The van der Waals surface area contributed by atoms with Crippen molar-refractivity contribution in [1.82, 2.24) is 4.57 Å². The second-order valence-electron chi connectivity index (χ2n) is 6.21. The van der Waals surface area contributed by atoms with Crippen molar-refractivity contribution in [2.24, 2.45) is 0 Å². The van der Waals surface area contributed by atoms with Crippen molar-refractivity contribution < 1.29 is 14.5 Å². The molecule has 0 N–H and O–H groups in total. The Hall–Kier alpha value is -3.41. The molecule has 138 valence electrons. The number of nitrogens with zero attached hydrogens (tertiary/aromatic N) is 2. The molecule has 0 bridgehead atoms. The number of nitro groups is 1. The number of non-ortho nitro benzene ring substituents is 1. The summed E-state index contributed by atoms with van der Waals surface area (Å²) in [6.07, 6.45) is 5.61. The van der Waals surface area contributed by atoms with E-state index in [1.165, 1.54) is 29.8 Å². The highest BCUT2D eigenvalue weighted by Crippen LogP contribution is 2.18. The summed E-state index contributed by atoms with van der Waals surface area (Å²) >= 11 is 0. The largest absolute Gasteiger partial charge is 0.460 e. The van der Waals surface area contributed by atoms with Gasteiger partial charge < -0.3 is 9.30 Å². The van der Waals surface area contributed by atoms with Crippen molar-refractivity contribution in [1.29, 1.82) is 0 Å². The molecule has 0 saturated carbocycles. The van der Waals surface area contributed by atoms with Gasteiger partial charge in [0.05, 0.1) is 16.5 Å². The number of esters is 1. The molecule has 0 aliphatic carbocycles. The van der Waals surface area contributed by atoms with E-state index in [4.69, 9.17) is 4.74 Å². The lowest BCUT2D eigenvalue weighted by Crippen LogP contribution is -2.18. The molecule has 3 rings (SSSR count). The third-order valence-corrected chi connectivity index (χ3v) is 4.38. The Morgan fingerprint density at radius 2 is 1.67 bits per heavy atom. The predicted octanol–water partition coefficient (Wildman–Crippen LogP) is 4.43. The zero-order valence-corrected chi connectivity index (χ0v) is 14.7. The summed E-state index contributed by atoms with van der Waals surface area (Å²) in [5.41, 5.74) is 1.48. The van der Waals surface area contributed by atoms with Crippen LogP contribution in [0.25, 0.3) is 0 Å². The summed E-state index contributed by atoms with van der Waals surface area (Å²) in [4.78, 5) is 22.5. The molecule has 3 aromatic rings. The molecule has 1 aromatic heterocycles. The summed E-state index contributed by atoms with van der Waals surface area (Å²) in [6.45, 7) is 0.233. The molecular weight excluding hydrogens is 344 g/mol. The van der Waals surface area contributed by atoms with E-state index in [1.54, 1.807) is 0 Å². The van der Waals surface area contributed by atoms with Gasteiger partial charge in [-0.05, 0) is 42.7 Å². The topological polar surface area (TPSA) is 74.4 Å². The lowest BCUT2D eigenvalue weighted by molar-refractivity contribution is -0.384. The highest BCUT2D eigenvalue weighted by atomic mass is 16.6. The van der Waals surface area contributed by atoms with E-state index in [9.17, 15) is 14.9 Å². The molecule has 6 heteroatoms. The Morgan fingerprint density at radius 3 is 2.30 bits per heavy atom. The Morgan fingerprint density at radius 1 is 1.00 bits per heavy atom. The maximum atomic E-state index is 12.3. The number of aryl methyl sites for hydroxylation is 1. The zero-order valence-electron chi connectivity index (χ0n) is 14.7. The van der Waals surface area contributed by atoms with Crippen LogP contribution in [0.4, 0.5) is 5.69 Å². The molecule has 0 radical (unpaired) electrons. The first-order chi connectivity index (χ1) is 13.1. The smallest absolute Gasteiger partial charge is 0.338 e. The van der Waals surface area contributed by atoms with Crippen LogP contribution in [0.15, 0.2) is 79.1 Å². The number of nitro benzene ring substituents is 1. The molecule has 0 saturated heterocycles. The van der Waals surface area contributed by atoms with Crippen LogP contribution in [0.1, 0.15) is 28.4 Å². The van der Waals surface area contributed by atoms with Crippen molar-refractivity contribution in [3.63, 3.8) is 0 Å². The molecule has 6 nitrogen and oxygen atoms in total. The van der Waals surface area contributed by atoms with E-state index in [0.717, 1.165) is 12.8 Å².